The molecule has 0 spiro atoms. The van der Waals surface area contributed by atoms with E-state index in [2.05, 4.69) is 20.4 Å². The molecular formula is C19H20FN5O. The zero-order valence-corrected chi connectivity index (χ0v) is 14.8. The van der Waals surface area contributed by atoms with Gasteiger partial charge >= 0.3 is 0 Å². The topological polar surface area (TPSA) is 77.7 Å². The number of hydrogen-bond donors (Lipinski definition) is 2. The largest absolute Gasteiger partial charge is 0.332 e. The number of nitrogens with one attached hydrogen (secondary N) is 2. The zero-order valence-electron chi connectivity index (χ0n) is 14.8. The van der Waals surface area contributed by atoms with Crippen molar-refractivity contribution in [3.8, 4) is 11.3 Å². The second-order valence-corrected chi connectivity index (χ2v) is 6.55. The number of carbonyl (C=O) groups excluding carboxylic acids is 1. The molecule has 1 aliphatic rings. The smallest absolute Gasteiger partial charge is 0.274 e. The quantitative estimate of drug-likeness (QED) is 0.760. The summed E-state index contributed by atoms with van der Waals surface area (Å²) in [6.07, 6.45) is 1.50. The number of nitrogens with zero attached hydrogens (tertiary/aromatic N) is 3. The van der Waals surface area contributed by atoms with Gasteiger partial charge in [-0.3, -0.25) is 15.0 Å². The van der Waals surface area contributed by atoms with E-state index >= 15 is 0 Å². The van der Waals surface area contributed by atoms with Crippen LogP contribution in [0.1, 0.15) is 39.9 Å². The standard InChI is InChI=1S/C19H20FN5O/c1-3-15-11(2)17(23-21-15)19(26)25-8-7-16-14(10-25)18(24-22-16)12-5-4-6-13(20)9-12/h4-6,9H,3,7-8,10H2,1-2H3,(H,21,23)(H,22,24). The van der Waals surface area contributed by atoms with Crippen molar-refractivity contribution in [2.45, 2.75) is 33.2 Å². The van der Waals surface area contributed by atoms with E-state index in [1.165, 1.54) is 12.1 Å². The number of hydrogen-bond acceptors (Lipinski definition) is 3. The summed E-state index contributed by atoms with van der Waals surface area (Å²) in [5, 5.41) is 14.5. The average molecular weight is 353 g/mol. The Bertz CT molecular complexity index is 974. The molecule has 1 aromatic carbocycles. The first-order chi connectivity index (χ1) is 12.6. The summed E-state index contributed by atoms with van der Waals surface area (Å²) in [7, 11) is 0. The van der Waals surface area contributed by atoms with E-state index in [9.17, 15) is 9.18 Å². The molecule has 1 aliphatic heterocycles. The maximum Gasteiger partial charge on any atom is 0.274 e. The highest BCUT2D eigenvalue weighted by Gasteiger charge is 2.28. The van der Waals surface area contributed by atoms with Gasteiger partial charge in [0, 0.05) is 41.0 Å². The molecule has 0 saturated carbocycles. The summed E-state index contributed by atoms with van der Waals surface area (Å²) in [6, 6.07) is 6.36. The number of benzene rings is 1. The minimum absolute atomic E-state index is 0.0875. The minimum Gasteiger partial charge on any atom is -0.332 e. The van der Waals surface area contributed by atoms with Crippen LogP contribution in [-0.2, 0) is 19.4 Å². The van der Waals surface area contributed by atoms with Gasteiger partial charge in [-0.05, 0) is 25.5 Å². The highest BCUT2D eigenvalue weighted by molar-refractivity contribution is 5.94. The summed E-state index contributed by atoms with van der Waals surface area (Å²) in [5.41, 5.74) is 5.71. The zero-order chi connectivity index (χ0) is 18.3. The normalized spacial score (nSPS) is 13.7. The molecule has 4 rings (SSSR count). The van der Waals surface area contributed by atoms with E-state index in [4.69, 9.17) is 0 Å². The highest BCUT2D eigenvalue weighted by atomic mass is 19.1. The lowest BCUT2D eigenvalue weighted by Crippen LogP contribution is -2.36. The Morgan fingerprint density at radius 3 is 2.88 bits per heavy atom. The van der Waals surface area contributed by atoms with Gasteiger partial charge in [0.15, 0.2) is 5.69 Å². The van der Waals surface area contributed by atoms with E-state index in [-0.39, 0.29) is 11.7 Å². The number of carbonyl (C=O) groups is 1. The van der Waals surface area contributed by atoms with E-state index in [1.54, 1.807) is 11.0 Å². The molecule has 0 unspecified atom stereocenters. The number of amides is 1. The van der Waals surface area contributed by atoms with Gasteiger partial charge in [0.2, 0.25) is 0 Å². The monoisotopic (exact) mass is 353 g/mol. The Kier molecular flexibility index (Phi) is 4.06. The molecule has 26 heavy (non-hydrogen) atoms. The van der Waals surface area contributed by atoms with Crippen LogP contribution in [0, 0.1) is 12.7 Å². The van der Waals surface area contributed by atoms with Gasteiger partial charge < -0.3 is 4.90 Å². The van der Waals surface area contributed by atoms with Crippen LogP contribution in [0.4, 0.5) is 4.39 Å². The number of aromatic amines is 2. The third-order valence-electron chi connectivity index (χ3n) is 4.99. The predicted octanol–water partition coefficient (Wildman–Crippen LogP) is 3.01. The summed E-state index contributed by atoms with van der Waals surface area (Å²) in [6.45, 7) is 4.98. The van der Waals surface area contributed by atoms with Crippen molar-refractivity contribution in [1.82, 2.24) is 25.3 Å². The fourth-order valence-electron chi connectivity index (χ4n) is 3.48. The molecule has 3 heterocycles. The lowest BCUT2D eigenvalue weighted by atomic mass is 10.0. The van der Waals surface area contributed by atoms with Crippen LogP contribution < -0.4 is 0 Å². The van der Waals surface area contributed by atoms with Crippen molar-refractivity contribution in [3.05, 3.63) is 58.3 Å². The van der Waals surface area contributed by atoms with E-state index in [1.807, 2.05) is 19.9 Å². The molecule has 7 heteroatoms. The van der Waals surface area contributed by atoms with Crippen molar-refractivity contribution in [2.75, 3.05) is 6.54 Å². The van der Waals surface area contributed by atoms with Crippen molar-refractivity contribution in [1.29, 1.82) is 0 Å². The predicted molar refractivity (Wildman–Crippen MR) is 95.1 cm³/mol. The van der Waals surface area contributed by atoms with Crippen LogP contribution in [0.3, 0.4) is 0 Å². The van der Waals surface area contributed by atoms with Crippen LogP contribution in [0.5, 0.6) is 0 Å². The molecule has 2 N–H and O–H groups in total. The Morgan fingerprint density at radius 1 is 1.31 bits per heavy atom. The highest BCUT2D eigenvalue weighted by Crippen LogP contribution is 2.29. The second kappa shape index (κ2) is 6.40. The fourth-order valence-corrected chi connectivity index (χ4v) is 3.48. The molecule has 0 fully saturated rings. The van der Waals surface area contributed by atoms with Crippen LogP contribution >= 0.6 is 0 Å². The van der Waals surface area contributed by atoms with Crippen LogP contribution in [-0.4, -0.2) is 37.7 Å². The number of fused-ring (bicyclic) bond motifs is 1. The molecule has 0 radical (unpaired) electrons. The van der Waals surface area contributed by atoms with Crippen LogP contribution in [0.15, 0.2) is 24.3 Å². The van der Waals surface area contributed by atoms with Crippen molar-refractivity contribution in [3.63, 3.8) is 0 Å². The first-order valence-corrected chi connectivity index (χ1v) is 8.73. The van der Waals surface area contributed by atoms with E-state index in [0.717, 1.165) is 28.9 Å². The van der Waals surface area contributed by atoms with E-state index in [0.29, 0.717) is 36.5 Å². The Balaban J connectivity index is 1.64. The van der Waals surface area contributed by atoms with Crippen molar-refractivity contribution in [2.24, 2.45) is 0 Å². The maximum atomic E-state index is 13.6. The minimum atomic E-state index is -0.303. The number of rotatable bonds is 3. The molecule has 3 aromatic rings. The molecule has 2 aromatic heterocycles. The summed E-state index contributed by atoms with van der Waals surface area (Å²) in [4.78, 5) is 14.7. The van der Waals surface area contributed by atoms with Crippen LogP contribution in [0.2, 0.25) is 0 Å². The lowest BCUT2D eigenvalue weighted by Gasteiger charge is -2.26. The Morgan fingerprint density at radius 2 is 2.15 bits per heavy atom. The number of H-pyrrole nitrogens is 2. The van der Waals surface area contributed by atoms with Gasteiger partial charge in [0.1, 0.15) is 5.82 Å². The maximum absolute atomic E-state index is 13.6. The number of aryl methyl sites for hydroxylation is 1. The number of halogens is 1. The molecule has 1 amide bonds. The molecule has 0 saturated heterocycles. The molecule has 0 aliphatic carbocycles. The molecule has 0 bridgehead atoms. The number of aromatic nitrogens is 4. The van der Waals surface area contributed by atoms with Gasteiger partial charge in [-0.25, -0.2) is 4.39 Å². The van der Waals surface area contributed by atoms with Crippen molar-refractivity contribution < 1.29 is 9.18 Å². The second-order valence-electron chi connectivity index (χ2n) is 6.55. The fraction of sp³-hybridized carbons (Fsp3) is 0.316. The Hall–Kier alpha value is -2.96. The van der Waals surface area contributed by atoms with Gasteiger partial charge in [-0.1, -0.05) is 19.1 Å². The van der Waals surface area contributed by atoms with E-state index < -0.39 is 0 Å². The Labute approximate surface area is 150 Å². The summed E-state index contributed by atoms with van der Waals surface area (Å²) < 4.78 is 13.6. The van der Waals surface area contributed by atoms with Crippen molar-refractivity contribution >= 4 is 5.91 Å². The first-order valence-electron chi connectivity index (χ1n) is 8.73. The molecule has 134 valence electrons. The molecule has 0 atom stereocenters. The SMILES string of the molecule is CCc1[nH]nc(C(=O)N2CCc3[nH]nc(-c4cccc(F)c4)c3C2)c1C. The molecular weight excluding hydrogens is 333 g/mol. The van der Waals surface area contributed by atoms with Gasteiger partial charge in [0.25, 0.3) is 5.91 Å². The summed E-state index contributed by atoms with van der Waals surface area (Å²) in [5.74, 6) is -0.391. The third kappa shape index (κ3) is 2.69. The molecule has 6 nitrogen and oxygen atoms in total. The summed E-state index contributed by atoms with van der Waals surface area (Å²) >= 11 is 0. The van der Waals surface area contributed by atoms with Crippen LogP contribution in [0.25, 0.3) is 11.3 Å². The lowest BCUT2D eigenvalue weighted by molar-refractivity contribution is 0.0728. The van der Waals surface area contributed by atoms with Gasteiger partial charge in [0.05, 0.1) is 12.2 Å². The average Bonchev–Trinajstić information content (AvgIpc) is 3.23. The third-order valence-corrected chi connectivity index (χ3v) is 4.99. The first kappa shape index (κ1) is 16.5. The van der Waals surface area contributed by atoms with Gasteiger partial charge in [-0.15, -0.1) is 0 Å². The van der Waals surface area contributed by atoms with Gasteiger partial charge in [-0.2, -0.15) is 10.2 Å².